The molecule has 0 spiro atoms. The highest BCUT2D eigenvalue weighted by atomic mass is 32.1. The molecule has 4 heteroatoms. The Morgan fingerprint density at radius 2 is 2.38 bits per heavy atom. The summed E-state index contributed by atoms with van der Waals surface area (Å²) in [5.74, 6) is 0.749. The van der Waals surface area contributed by atoms with Crippen molar-refractivity contribution in [2.45, 2.75) is 6.92 Å². The zero-order chi connectivity index (χ0) is 9.26. The Bertz CT molecular complexity index is 459. The van der Waals surface area contributed by atoms with Gasteiger partial charge in [0, 0.05) is 5.69 Å². The van der Waals surface area contributed by atoms with Crippen molar-refractivity contribution >= 4 is 12.2 Å². The van der Waals surface area contributed by atoms with Gasteiger partial charge in [-0.2, -0.15) is 0 Å². The number of nitrogens with zero attached hydrogens (tertiary/aromatic N) is 1. The Morgan fingerprint density at radius 1 is 1.54 bits per heavy atom. The van der Waals surface area contributed by atoms with Crippen molar-refractivity contribution in [3.63, 3.8) is 0 Å². The molecule has 0 saturated carbocycles. The third-order valence-electron chi connectivity index (χ3n) is 1.67. The Kier molecular flexibility index (Phi) is 1.98. The Balaban J connectivity index is 2.59. The van der Waals surface area contributed by atoms with E-state index in [0.29, 0.717) is 4.64 Å². The van der Waals surface area contributed by atoms with Gasteiger partial charge in [0.2, 0.25) is 0 Å². The van der Waals surface area contributed by atoms with Crippen molar-refractivity contribution in [2.24, 2.45) is 0 Å². The molecule has 0 aliphatic rings. The lowest BCUT2D eigenvalue weighted by Crippen LogP contribution is -1.90. The summed E-state index contributed by atoms with van der Waals surface area (Å²) in [7, 11) is 0. The van der Waals surface area contributed by atoms with Crippen LogP contribution in [0, 0.1) is 11.6 Å². The molecule has 0 aliphatic heterocycles. The Morgan fingerprint density at radius 3 is 3.00 bits per heavy atom. The number of rotatable bonds is 1. The van der Waals surface area contributed by atoms with Gasteiger partial charge in [-0.15, -0.1) is 0 Å². The van der Waals surface area contributed by atoms with Crippen LogP contribution in [0.5, 0.6) is 0 Å². The van der Waals surface area contributed by atoms with Crippen molar-refractivity contribution in [3.8, 4) is 11.4 Å². The smallest absolute Gasteiger partial charge is 0.142 e. The van der Waals surface area contributed by atoms with Gasteiger partial charge in [-0.1, -0.05) is 12.2 Å². The first kappa shape index (κ1) is 8.19. The van der Waals surface area contributed by atoms with Gasteiger partial charge in [0.15, 0.2) is 0 Å². The van der Waals surface area contributed by atoms with Crippen molar-refractivity contribution in [1.29, 1.82) is 0 Å². The van der Waals surface area contributed by atoms with Crippen LogP contribution in [-0.2, 0) is 0 Å². The minimum absolute atomic E-state index is 0.590. The molecule has 3 nitrogen and oxygen atoms in total. The van der Waals surface area contributed by atoms with Crippen LogP contribution < -0.4 is 0 Å². The molecule has 0 aromatic carbocycles. The first-order valence-corrected chi connectivity index (χ1v) is 4.27. The van der Waals surface area contributed by atoms with Crippen LogP contribution in [-0.4, -0.2) is 9.97 Å². The van der Waals surface area contributed by atoms with E-state index >= 15 is 0 Å². The topological polar surface area (TPSA) is 41.8 Å². The Hall–Kier alpha value is -1.42. The average Bonchev–Trinajstić information content (AvgIpc) is 2.53. The summed E-state index contributed by atoms with van der Waals surface area (Å²) in [6, 6.07) is 3.66. The standard InChI is InChI=1S/C9H8N2OS/c1-6-4-8(13)11-9(10-6)7-2-3-12-5-7/h2-5H,1H3,(H,10,11,13). The van der Waals surface area contributed by atoms with Gasteiger partial charge >= 0.3 is 0 Å². The summed E-state index contributed by atoms with van der Waals surface area (Å²) in [6.07, 6.45) is 3.24. The normalized spacial score (nSPS) is 10.2. The first-order valence-electron chi connectivity index (χ1n) is 3.86. The van der Waals surface area contributed by atoms with Crippen LogP contribution in [0.25, 0.3) is 11.4 Å². The minimum atomic E-state index is 0.590. The third kappa shape index (κ3) is 1.67. The average molecular weight is 192 g/mol. The maximum Gasteiger partial charge on any atom is 0.142 e. The SMILES string of the molecule is Cc1cc(=S)nc(-c2ccoc2)[nH]1. The van der Waals surface area contributed by atoms with Gasteiger partial charge in [0.1, 0.15) is 16.7 Å². The number of nitrogens with one attached hydrogen (secondary N) is 1. The van der Waals surface area contributed by atoms with Crippen LogP contribution in [0.4, 0.5) is 0 Å². The van der Waals surface area contributed by atoms with E-state index in [1.54, 1.807) is 12.5 Å². The fourth-order valence-corrected chi connectivity index (χ4v) is 1.38. The van der Waals surface area contributed by atoms with Crippen molar-refractivity contribution in [3.05, 3.63) is 35.0 Å². The predicted octanol–water partition coefficient (Wildman–Crippen LogP) is 2.71. The van der Waals surface area contributed by atoms with Crippen LogP contribution >= 0.6 is 12.2 Å². The van der Waals surface area contributed by atoms with E-state index in [1.165, 1.54) is 0 Å². The van der Waals surface area contributed by atoms with Crippen molar-refractivity contribution in [1.82, 2.24) is 9.97 Å². The second-order valence-electron chi connectivity index (χ2n) is 2.76. The maximum atomic E-state index is 5.00. The highest BCUT2D eigenvalue weighted by Crippen LogP contribution is 2.14. The first-order chi connectivity index (χ1) is 6.25. The molecule has 66 valence electrons. The minimum Gasteiger partial charge on any atom is -0.472 e. The Labute approximate surface area is 80.4 Å². The number of H-pyrrole nitrogens is 1. The molecule has 0 radical (unpaired) electrons. The zero-order valence-corrected chi connectivity index (χ0v) is 7.89. The van der Waals surface area contributed by atoms with Crippen LogP contribution in [0.15, 0.2) is 29.1 Å². The molecule has 2 heterocycles. The number of furan rings is 1. The molecule has 0 amide bonds. The van der Waals surface area contributed by atoms with Gasteiger partial charge < -0.3 is 9.40 Å². The summed E-state index contributed by atoms with van der Waals surface area (Å²) in [4.78, 5) is 7.29. The summed E-state index contributed by atoms with van der Waals surface area (Å²) >= 11 is 5.00. The lowest BCUT2D eigenvalue weighted by atomic mass is 10.3. The molecule has 13 heavy (non-hydrogen) atoms. The van der Waals surface area contributed by atoms with E-state index in [0.717, 1.165) is 17.1 Å². The zero-order valence-electron chi connectivity index (χ0n) is 7.07. The third-order valence-corrected chi connectivity index (χ3v) is 1.88. The van der Waals surface area contributed by atoms with E-state index in [9.17, 15) is 0 Å². The summed E-state index contributed by atoms with van der Waals surface area (Å²) in [5.41, 5.74) is 1.91. The summed E-state index contributed by atoms with van der Waals surface area (Å²) < 4.78 is 5.54. The monoisotopic (exact) mass is 192 g/mol. The second-order valence-corrected chi connectivity index (χ2v) is 3.18. The van der Waals surface area contributed by atoms with Crippen molar-refractivity contribution in [2.75, 3.05) is 0 Å². The van der Waals surface area contributed by atoms with E-state index in [2.05, 4.69) is 9.97 Å². The lowest BCUT2D eigenvalue weighted by molar-refractivity contribution is 0.568. The molecule has 0 fully saturated rings. The predicted molar refractivity (Wildman–Crippen MR) is 51.9 cm³/mol. The van der Waals surface area contributed by atoms with Gasteiger partial charge in [0.25, 0.3) is 0 Å². The molecule has 0 aliphatic carbocycles. The van der Waals surface area contributed by atoms with Crippen molar-refractivity contribution < 1.29 is 4.42 Å². The van der Waals surface area contributed by atoms with Crippen LogP contribution in [0.3, 0.4) is 0 Å². The van der Waals surface area contributed by atoms with E-state index in [1.807, 2.05) is 19.1 Å². The van der Waals surface area contributed by atoms with Gasteiger partial charge in [-0.05, 0) is 19.1 Å². The highest BCUT2D eigenvalue weighted by Gasteiger charge is 2.00. The largest absolute Gasteiger partial charge is 0.472 e. The number of hydrogen-bond acceptors (Lipinski definition) is 3. The quantitative estimate of drug-likeness (QED) is 0.706. The number of hydrogen-bond donors (Lipinski definition) is 1. The van der Waals surface area contributed by atoms with Crippen LogP contribution in [0.1, 0.15) is 5.69 Å². The molecule has 0 atom stereocenters. The second kappa shape index (κ2) is 3.14. The molecule has 2 aromatic rings. The lowest BCUT2D eigenvalue weighted by Gasteiger charge is -1.98. The summed E-state index contributed by atoms with van der Waals surface area (Å²) in [5, 5.41) is 0. The molecule has 0 saturated heterocycles. The maximum absolute atomic E-state index is 5.00. The van der Waals surface area contributed by atoms with E-state index in [-0.39, 0.29) is 0 Å². The van der Waals surface area contributed by atoms with Gasteiger partial charge in [-0.25, -0.2) is 4.98 Å². The number of aromatic nitrogens is 2. The van der Waals surface area contributed by atoms with E-state index < -0.39 is 0 Å². The molecule has 2 aromatic heterocycles. The van der Waals surface area contributed by atoms with E-state index in [4.69, 9.17) is 16.6 Å². The molecular weight excluding hydrogens is 184 g/mol. The van der Waals surface area contributed by atoms with Gasteiger partial charge in [0.05, 0.1) is 11.8 Å². The molecular formula is C9H8N2OS. The molecule has 2 rings (SSSR count). The van der Waals surface area contributed by atoms with Crippen LogP contribution in [0.2, 0.25) is 0 Å². The highest BCUT2D eigenvalue weighted by molar-refractivity contribution is 7.71. The number of aryl methyl sites for hydroxylation is 1. The fourth-order valence-electron chi connectivity index (χ4n) is 1.11. The molecule has 0 unspecified atom stereocenters. The fraction of sp³-hybridized carbons (Fsp3) is 0.111. The molecule has 0 bridgehead atoms. The number of aromatic amines is 1. The summed E-state index contributed by atoms with van der Waals surface area (Å²) in [6.45, 7) is 1.95. The molecule has 1 N–H and O–H groups in total. The van der Waals surface area contributed by atoms with Gasteiger partial charge in [-0.3, -0.25) is 0 Å².